The Morgan fingerprint density at radius 2 is 2.26 bits per heavy atom. The van der Waals surface area contributed by atoms with Crippen molar-refractivity contribution in [2.24, 2.45) is 11.3 Å². The molecule has 0 aromatic heterocycles. The standard InChI is InChI=1S/C17H23NO5/c19-6-8-23-15-4-2-1-3-13(15)9-18-10-14-5-7-22-12-17(14,11-18)16(20)21/h1-4,14,19H,5-12H2,(H,20,21)/t14-,17+/m0/s1. The van der Waals surface area contributed by atoms with Crippen LogP contribution in [0, 0.1) is 11.3 Å². The van der Waals surface area contributed by atoms with Crippen LogP contribution in [0.15, 0.2) is 24.3 Å². The Labute approximate surface area is 135 Å². The first-order valence-electron chi connectivity index (χ1n) is 8.01. The van der Waals surface area contributed by atoms with Crippen LogP contribution in [0.2, 0.25) is 0 Å². The third-order valence-corrected chi connectivity index (χ3v) is 4.88. The number of carbonyl (C=O) groups is 1. The first-order valence-corrected chi connectivity index (χ1v) is 8.01. The zero-order chi connectivity index (χ0) is 16.3. The summed E-state index contributed by atoms with van der Waals surface area (Å²) in [4.78, 5) is 14.0. The normalized spacial score (nSPS) is 27.6. The molecule has 1 aromatic carbocycles. The number of aliphatic carboxylic acids is 1. The summed E-state index contributed by atoms with van der Waals surface area (Å²) in [5, 5.41) is 18.6. The Bertz CT molecular complexity index is 564. The van der Waals surface area contributed by atoms with E-state index in [0.29, 0.717) is 26.3 Å². The molecule has 6 heteroatoms. The molecule has 2 saturated heterocycles. The van der Waals surface area contributed by atoms with Crippen molar-refractivity contribution in [3.63, 3.8) is 0 Å². The van der Waals surface area contributed by atoms with E-state index in [1.807, 2.05) is 24.3 Å². The Hall–Kier alpha value is -1.63. The van der Waals surface area contributed by atoms with E-state index in [1.54, 1.807) is 0 Å². The fraction of sp³-hybridized carbons (Fsp3) is 0.588. The van der Waals surface area contributed by atoms with Gasteiger partial charge in [0.25, 0.3) is 0 Å². The van der Waals surface area contributed by atoms with E-state index >= 15 is 0 Å². The fourth-order valence-electron chi connectivity index (χ4n) is 3.69. The van der Waals surface area contributed by atoms with E-state index < -0.39 is 11.4 Å². The van der Waals surface area contributed by atoms with Crippen molar-refractivity contribution in [2.75, 3.05) is 39.5 Å². The number of rotatable bonds is 6. The van der Waals surface area contributed by atoms with E-state index in [2.05, 4.69) is 4.90 Å². The van der Waals surface area contributed by atoms with Crippen LogP contribution in [0.5, 0.6) is 5.75 Å². The van der Waals surface area contributed by atoms with Gasteiger partial charge in [-0.2, -0.15) is 0 Å². The van der Waals surface area contributed by atoms with Crippen LogP contribution >= 0.6 is 0 Å². The second-order valence-corrected chi connectivity index (χ2v) is 6.35. The molecule has 2 heterocycles. The van der Waals surface area contributed by atoms with Crippen LogP contribution in [-0.4, -0.2) is 60.6 Å². The maximum Gasteiger partial charge on any atom is 0.313 e. The highest BCUT2D eigenvalue weighted by Gasteiger charge is 2.53. The molecule has 2 aliphatic rings. The fourth-order valence-corrected chi connectivity index (χ4v) is 3.69. The molecular weight excluding hydrogens is 298 g/mol. The number of likely N-dealkylation sites (tertiary alicyclic amines) is 1. The van der Waals surface area contributed by atoms with Crippen molar-refractivity contribution >= 4 is 5.97 Å². The summed E-state index contributed by atoms with van der Waals surface area (Å²) >= 11 is 0. The predicted octanol–water partition coefficient (Wildman–Crippen LogP) is 0.981. The smallest absolute Gasteiger partial charge is 0.313 e. The van der Waals surface area contributed by atoms with Crippen molar-refractivity contribution in [1.29, 1.82) is 0 Å². The van der Waals surface area contributed by atoms with Gasteiger partial charge in [0.1, 0.15) is 17.8 Å². The minimum atomic E-state index is -0.779. The molecule has 2 aliphatic heterocycles. The zero-order valence-electron chi connectivity index (χ0n) is 13.1. The number of ether oxygens (including phenoxy) is 2. The molecule has 2 N–H and O–H groups in total. The van der Waals surface area contributed by atoms with Crippen molar-refractivity contribution in [2.45, 2.75) is 13.0 Å². The average molecular weight is 321 g/mol. The molecule has 0 saturated carbocycles. The number of fused-ring (bicyclic) bond motifs is 1. The van der Waals surface area contributed by atoms with E-state index in [9.17, 15) is 9.90 Å². The Kier molecular flexibility index (Phi) is 4.84. The molecule has 23 heavy (non-hydrogen) atoms. The minimum Gasteiger partial charge on any atom is -0.491 e. The average Bonchev–Trinajstić information content (AvgIpc) is 2.93. The first kappa shape index (κ1) is 16.2. The molecular formula is C17H23NO5. The highest BCUT2D eigenvalue weighted by Crippen LogP contribution is 2.42. The lowest BCUT2D eigenvalue weighted by atomic mass is 9.76. The Balaban J connectivity index is 1.73. The summed E-state index contributed by atoms with van der Waals surface area (Å²) in [5.74, 6) is 0.130. The molecule has 0 amide bonds. The summed E-state index contributed by atoms with van der Waals surface area (Å²) in [6, 6.07) is 7.70. The first-order chi connectivity index (χ1) is 11.2. The molecule has 0 aliphatic carbocycles. The largest absolute Gasteiger partial charge is 0.491 e. The number of nitrogens with zero attached hydrogens (tertiary/aromatic N) is 1. The number of hydrogen-bond donors (Lipinski definition) is 2. The van der Waals surface area contributed by atoms with Crippen LogP contribution in [0.1, 0.15) is 12.0 Å². The molecule has 6 nitrogen and oxygen atoms in total. The minimum absolute atomic E-state index is 0.0282. The summed E-state index contributed by atoms with van der Waals surface area (Å²) in [5.41, 5.74) is 0.236. The number of aliphatic hydroxyl groups excluding tert-OH is 1. The topological polar surface area (TPSA) is 79.2 Å². The maximum absolute atomic E-state index is 11.8. The monoisotopic (exact) mass is 321 g/mol. The zero-order valence-corrected chi connectivity index (χ0v) is 13.1. The van der Waals surface area contributed by atoms with Gasteiger partial charge in [0, 0.05) is 31.8 Å². The summed E-state index contributed by atoms with van der Waals surface area (Å²) in [6.07, 6.45) is 0.797. The lowest BCUT2D eigenvalue weighted by Gasteiger charge is -2.34. The molecule has 126 valence electrons. The van der Waals surface area contributed by atoms with Crippen molar-refractivity contribution in [3.8, 4) is 5.75 Å². The third kappa shape index (κ3) is 3.20. The van der Waals surface area contributed by atoms with Gasteiger partial charge < -0.3 is 19.7 Å². The molecule has 3 rings (SSSR count). The quantitative estimate of drug-likeness (QED) is 0.813. The predicted molar refractivity (Wildman–Crippen MR) is 83.3 cm³/mol. The third-order valence-electron chi connectivity index (χ3n) is 4.88. The van der Waals surface area contributed by atoms with Crippen molar-refractivity contribution in [1.82, 2.24) is 4.90 Å². The molecule has 2 atom stereocenters. The van der Waals surface area contributed by atoms with Crippen LogP contribution in [0.3, 0.4) is 0 Å². The molecule has 1 aromatic rings. The highest BCUT2D eigenvalue weighted by atomic mass is 16.5. The summed E-state index contributed by atoms with van der Waals surface area (Å²) in [7, 11) is 0. The lowest BCUT2D eigenvalue weighted by Crippen LogP contribution is -2.46. The van der Waals surface area contributed by atoms with Crippen molar-refractivity contribution in [3.05, 3.63) is 29.8 Å². The van der Waals surface area contributed by atoms with Gasteiger partial charge in [-0.3, -0.25) is 9.69 Å². The molecule has 0 spiro atoms. The van der Waals surface area contributed by atoms with Gasteiger partial charge in [-0.15, -0.1) is 0 Å². The van der Waals surface area contributed by atoms with Crippen LogP contribution in [0.25, 0.3) is 0 Å². The number of para-hydroxylation sites is 1. The van der Waals surface area contributed by atoms with Crippen LogP contribution in [-0.2, 0) is 16.1 Å². The van der Waals surface area contributed by atoms with E-state index in [0.717, 1.165) is 24.3 Å². The van der Waals surface area contributed by atoms with Crippen LogP contribution < -0.4 is 4.74 Å². The molecule has 2 fully saturated rings. The number of hydrogen-bond acceptors (Lipinski definition) is 5. The lowest BCUT2D eigenvalue weighted by molar-refractivity contribution is -0.159. The molecule has 0 bridgehead atoms. The van der Waals surface area contributed by atoms with Gasteiger partial charge in [-0.25, -0.2) is 0 Å². The number of benzene rings is 1. The second kappa shape index (κ2) is 6.86. The number of carboxylic acids is 1. The van der Waals surface area contributed by atoms with Gasteiger partial charge in [0.05, 0.1) is 13.2 Å². The van der Waals surface area contributed by atoms with Gasteiger partial charge in [0.15, 0.2) is 0 Å². The number of carboxylic acid groups (broad SMARTS) is 1. The maximum atomic E-state index is 11.8. The van der Waals surface area contributed by atoms with Crippen LogP contribution in [0.4, 0.5) is 0 Å². The Morgan fingerprint density at radius 3 is 3.00 bits per heavy atom. The van der Waals surface area contributed by atoms with E-state index in [4.69, 9.17) is 14.6 Å². The van der Waals surface area contributed by atoms with Gasteiger partial charge >= 0.3 is 5.97 Å². The molecule has 0 unspecified atom stereocenters. The SMILES string of the molecule is O=C(O)[C@]12COCC[C@H]1CN(Cc1ccccc1OCCO)C2. The summed E-state index contributed by atoms with van der Waals surface area (Å²) < 4.78 is 11.0. The summed E-state index contributed by atoms with van der Waals surface area (Å²) in [6.45, 7) is 3.08. The second-order valence-electron chi connectivity index (χ2n) is 6.35. The van der Waals surface area contributed by atoms with Gasteiger partial charge in [-0.1, -0.05) is 18.2 Å². The number of aliphatic hydroxyl groups is 1. The highest BCUT2D eigenvalue weighted by molar-refractivity contribution is 5.76. The van der Waals surface area contributed by atoms with E-state index in [1.165, 1.54) is 0 Å². The van der Waals surface area contributed by atoms with Crippen molar-refractivity contribution < 1.29 is 24.5 Å². The van der Waals surface area contributed by atoms with Gasteiger partial charge in [-0.05, 0) is 18.4 Å². The van der Waals surface area contributed by atoms with Gasteiger partial charge in [0.2, 0.25) is 0 Å². The van der Waals surface area contributed by atoms with E-state index in [-0.39, 0.29) is 19.1 Å². The molecule has 0 radical (unpaired) electrons. The Morgan fingerprint density at radius 1 is 1.43 bits per heavy atom.